The Morgan fingerprint density at radius 3 is 1.93 bits per heavy atom. The SMILES string of the molecule is COc1ccc(C(NC(=O)CSc2nc(C)c(C)o2)c2ccc(OC)cc2)cc1. The lowest BCUT2D eigenvalue weighted by Gasteiger charge is -2.20. The van der Waals surface area contributed by atoms with Crippen molar-refractivity contribution in [1.29, 1.82) is 0 Å². The number of oxazole rings is 1. The summed E-state index contributed by atoms with van der Waals surface area (Å²) < 4.78 is 16.0. The van der Waals surface area contributed by atoms with Crippen LogP contribution in [0.2, 0.25) is 0 Å². The number of hydrogen-bond acceptors (Lipinski definition) is 6. The Bertz CT molecular complexity index is 885. The van der Waals surface area contributed by atoms with Crippen LogP contribution in [0.5, 0.6) is 11.5 Å². The maximum absolute atomic E-state index is 12.7. The molecule has 0 spiro atoms. The summed E-state index contributed by atoms with van der Waals surface area (Å²) >= 11 is 1.28. The van der Waals surface area contributed by atoms with E-state index in [1.807, 2.05) is 62.4 Å². The maximum atomic E-state index is 12.7. The molecule has 7 heteroatoms. The van der Waals surface area contributed by atoms with E-state index in [1.54, 1.807) is 14.2 Å². The highest BCUT2D eigenvalue weighted by Gasteiger charge is 2.18. The van der Waals surface area contributed by atoms with Crippen molar-refractivity contribution in [3.05, 3.63) is 71.1 Å². The van der Waals surface area contributed by atoms with Crippen molar-refractivity contribution in [2.75, 3.05) is 20.0 Å². The van der Waals surface area contributed by atoms with E-state index in [1.165, 1.54) is 11.8 Å². The standard InChI is InChI=1S/C22H24N2O4S/c1-14-15(2)28-22(23-14)29-13-20(25)24-21(16-5-9-18(26-3)10-6-16)17-7-11-19(27-4)12-8-17/h5-12,21H,13H2,1-4H3,(H,24,25). The smallest absolute Gasteiger partial charge is 0.256 e. The number of amides is 1. The highest BCUT2D eigenvalue weighted by Crippen LogP contribution is 2.27. The van der Waals surface area contributed by atoms with Crippen LogP contribution in [-0.2, 0) is 4.79 Å². The Kier molecular flexibility index (Phi) is 6.82. The van der Waals surface area contributed by atoms with Crippen LogP contribution >= 0.6 is 11.8 Å². The van der Waals surface area contributed by atoms with Gasteiger partial charge in [-0.3, -0.25) is 4.79 Å². The number of ether oxygens (including phenoxy) is 2. The summed E-state index contributed by atoms with van der Waals surface area (Å²) in [5.41, 5.74) is 2.75. The predicted octanol–water partition coefficient (Wildman–Crippen LogP) is 4.31. The first kappa shape index (κ1) is 20.8. The van der Waals surface area contributed by atoms with E-state index in [2.05, 4.69) is 10.3 Å². The third-order valence-corrected chi connectivity index (χ3v) is 5.37. The number of benzene rings is 2. The molecule has 1 N–H and O–H groups in total. The van der Waals surface area contributed by atoms with Crippen LogP contribution in [0.4, 0.5) is 0 Å². The van der Waals surface area contributed by atoms with E-state index in [-0.39, 0.29) is 17.7 Å². The molecule has 0 saturated heterocycles. The van der Waals surface area contributed by atoms with Crippen molar-refractivity contribution in [2.45, 2.75) is 25.1 Å². The largest absolute Gasteiger partial charge is 0.497 e. The zero-order valence-corrected chi connectivity index (χ0v) is 17.7. The monoisotopic (exact) mass is 412 g/mol. The van der Waals surface area contributed by atoms with Gasteiger partial charge in [-0.15, -0.1) is 0 Å². The van der Waals surface area contributed by atoms with Gasteiger partial charge in [0.15, 0.2) is 0 Å². The minimum Gasteiger partial charge on any atom is -0.497 e. The van der Waals surface area contributed by atoms with E-state index in [0.717, 1.165) is 34.1 Å². The predicted molar refractivity (Wildman–Crippen MR) is 113 cm³/mol. The summed E-state index contributed by atoms with van der Waals surface area (Å²) in [4.78, 5) is 17.0. The van der Waals surface area contributed by atoms with E-state index in [0.29, 0.717) is 5.22 Å². The van der Waals surface area contributed by atoms with Crippen LogP contribution < -0.4 is 14.8 Å². The van der Waals surface area contributed by atoms with E-state index in [4.69, 9.17) is 13.9 Å². The number of aromatic nitrogens is 1. The van der Waals surface area contributed by atoms with Crippen LogP contribution in [0.15, 0.2) is 58.2 Å². The lowest BCUT2D eigenvalue weighted by Crippen LogP contribution is -2.30. The number of nitrogens with zero attached hydrogens (tertiary/aromatic N) is 1. The summed E-state index contributed by atoms with van der Waals surface area (Å²) in [7, 11) is 3.25. The topological polar surface area (TPSA) is 73.6 Å². The Morgan fingerprint density at radius 2 is 1.52 bits per heavy atom. The van der Waals surface area contributed by atoms with Crippen molar-refractivity contribution < 1.29 is 18.7 Å². The molecule has 1 heterocycles. The third kappa shape index (κ3) is 5.32. The van der Waals surface area contributed by atoms with Gasteiger partial charge in [0.2, 0.25) is 5.91 Å². The molecule has 3 aromatic rings. The van der Waals surface area contributed by atoms with Crippen LogP contribution in [0.3, 0.4) is 0 Å². The second-order valence-electron chi connectivity index (χ2n) is 6.46. The molecule has 0 fully saturated rings. The van der Waals surface area contributed by atoms with Crippen LogP contribution in [0, 0.1) is 13.8 Å². The molecule has 0 aliphatic carbocycles. The van der Waals surface area contributed by atoms with Gasteiger partial charge in [0, 0.05) is 0 Å². The van der Waals surface area contributed by atoms with Gasteiger partial charge in [-0.25, -0.2) is 4.98 Å². The first-order chi connectivity index (χ1) is 14.0. The van der Waals surface area contributed by atoms with Gasteiger partial charge in [0.1, 0.15) is 17.3 Å². The number of thioether (sulfide) groups is 1. The van der Waals surface area contributed by atoms with Crippen molar-refractivity contribution in [2.24, 2.45) is 0 Å². The Labute approximate surface area is 174 Å². The molecular weight excluding hydrogens is 388 g/mol. The van der Waals surface area contributed by atoms with Gasteiger partial charge in [0.05, 0.1) is 31.7 Å². The molecule has 0 saturated carbocycles. The van der Waals surface area contributed by atoms with Crippen LogP contribution in [-0.4, -0.2) is 30.9 Å². The van der Waals surface area contributed by atoms with Gasteiger partial charge in [-0.05, 0) is 49.2 Å². The zero-order valence-electron chi connectivity index (χ0n) is 16.9. The number of carbonyl (C=O) groups excluding carboxylic acids is 1. The summed E-state index contributed by atoms with van der Waals surface area (Å²) in [6, 6.07) is 15.0. The van der Waals surface area contributed by atoms with Crippen molar-refractivity contribution in [3.8, 4) is 11.5 Å². The number of carbonyl (C=O) groups is 1. The highest BCUT2D eigenvalue weighted by molar-refractivity contribution is 7.99. The fraction of sp³-hybridized carbons (Fsp3) is 0.273. The second-order valence-corrected chi connectivity index (χ2v) is 7.38. The van der Waals surface area contributed by atoms with Gasteiger partial charge >= 0.3 is 0 Å². The number of rotatable bonds is 8. The summed E-state index contributed by atoms with van der Waals surface area (Å²) in [6.07, 6.45) is 0. The molecule has 3 rings (SSSR count). The van der Waals surface area contributed by atoms with Crippen molar-refractivity contribution in [3.63, 3.8) is 0 Å². The molecule has 0 unspecified atom stereocenters. The van der Waals surface area contributed by atoms with Gasteiger partial charge in [0.25, 0.3) is 5.22 Å². The molecule has 0 aliphatic rings. The first-order valence-corrected chi connectivity index (χ1v) is 10.1. The number of hydrogen-bond donors (Lipinski definition) is 1. The van der Waals surface area contributed by atoms with E-state index in [9.17, 15) is 4.79 Å². The normalized spacial score (nSPS) is 10.8. The van der Waals surface area contributed by atoms with Crippen LogP contribution in [0.25, 0.3) is 0 Å². The minimum absolute atomic E-state index is 0.111. The first-order valence-electron chi connectivity index (χ1n) is 9.14. The molecule has 0 aliphatic heterocycles. The van der Waals surface area contributed by atoms with Crippen LogP contribution in [0.1, 0.15) is 28.6 Å². The molecule has 0 atom stereocenters. The summed E-state index contributed by atoms with van der Waals surface area (Å²) in [6.45, 7) is 3.74. The Hall–Kier alpha value is -2.93. The average Bonchev–Trinajstić information content (AvgIpc) is 3.08. The fourth-order valence-electron chi connectivity index (χ4n) is 2.79. The van der Waals surface area contributed by atoms with Gasteiger partial charge in [-0.1, -0.05) is 36.0 Å². The molecule has 1 amide bonds. The molecule has 0 radical (unpaired) electrons. The average molecular weight is 413 g/mol. The molecule has 2 aromatic carbocycles. The minimum atomic E-state index is -0.298. The maximum Gasteiger partial charge on any atom is 0.256 e. The van der Waals surface area contributed by atoms with Crippen molar-refractivity contribution >= 4 is 17.7 Å². The number of nitrogens with one attached hydrogen (secondary N) is 1. The van der Waals surface area contributed by atoms with E-state index >= 15 is 0 Å². The number of aryl methyl sites for hydroxylation is 2. The Balaban J connectivity index is 1.76. The lowest BCUT2D eigenvalue weighted by atomic mass is 9.98. The molecule has 6 nitrogen and oxygen atoms in total. The molecular formula is C22H24N2O4S. The van der Waals surface area contributed by atoms with E-state index < -0.39 is 0 Å². The van der Waals surface area contributed by atoms with Gasteiger partial charge in [-0.2, -0.15) is 0 Å². The highest BCUT2D eigenvalue weighted by atomic mass is 32.2. The number of methoxy groups -OCH3 is 2. The summed E-state index contributed by atoms with van der Waals surface area (Å²) in [5.74, 6) is 2.39. The lowest BCUT2D eigenvalue weighted by molar-refractivity contribution is -0.119. The second kappa shape index (κ2) is 9.52. The third-order valence-electron chi connectivity index (χ3n) is 4.54. The van der Waals surface area contributed by atoms with Gasteiger partial charge < -0.3 is 19.2 Å². The molecule has 1 aromatic heterocycles. The molecule has 152 valence electrons. The Morgan fingerprint density at radius 1 is 1.00 bits per heavy atom. The fourth-order valence-corrected chi connectivity index (χ4v) is 3.51. The van der Waals surface area contributed by atoms with Crippen molar-refractivity contribution in [1.82, 2.24) is 10.3 Å². The zero-order chi connectivity index (χ0) is 20.8. The summed E-state index contributed by atoms with van der Waals surface area (Å²) in [5, 5.41) is 3.61. The quantitative estimate of drug-likeness (QED) is 0.556. The molecule has 0 bridgehead atoms. The molecule has 29 heavy (non-hydrogen) atoms.